The van der Waals surface area contributed by atoms with Crippen molar-refractivity contribution in [2.24, 2.45) is 0 Å². The van der Waals surface area contributed by atoms with Crippen molar-refractivity contribution in [1.29, 1.82) is 0 Å². The van der Waals surface area contributed by atoms with Gasteiger partial charge in [0.1, 0.15) is 0 Å². The minimum absolute atomic E-state index is 0.0305. The van der Waals surface area contributed by atoms with E-state index in [1.165, 1.54) is 33.0 Å². The molecule has 0 N–H and O–H groups in total. The number of nitrogens with zero attached hydrogens (tertiary/aromatic N) is 6. The van der Waals surface area contributed by atoms with Crippen LogP contribution >= 0.6 is 0 Å². The smallest absolute Gasteiger partial charge is 0.238 e. The van der Waals surface area contributed by atoms with Crippen LogP contribution in [0.15, 0.2) is 261 Å². The first-order valence-corrected chi connectivity index (χ1v) is 29.6. The molecule has 0 spiro atoms. The Bertz CT molecular complexity index is 4490. The van der Waals surface area contributed by atoms with E-state index in [0.29, 0.717) is 17.6 Å². The molecule has 0 unspecified atom stereocenters. The lowest BCUT2D eigenvalue weighted by molar-refractivity contribution is 0.589. The minimum atomic E-state index is -0.265. The van der Waals surface area contributed by atoms with Crippen LogP contribution in [0.2, 0.25) is 0 Å². The summed E-state index contributed by atoms with van der Waals surface area (Å²) in [6.07, 6.45) is 0. The summed E-state index contributed by atoms with van der Waals surface area (Å²) in [7, 11) is 0. The predicted molar refractivity (Wildman–Crippen MR) is 359 cm³/mol. The molecule has 6 heteroatoms. The average Bonchev–Trinajstić information content (AvgIpc) is 3.69. The number of hydrogen-bond donors (Lipinski definition) is 0. The van der Waals surface area contributed by atoms with Crippen molar-refractivity contribution >= 4 is 66.7 Å². The molecule has 0 fully saturated rings. The summed E-state index contributed by atoms with van der Waals surface area (Å²) in [6.45, 7) is 20.7. The first-order valence-electron chi connectivity index (χ1n) is 29.6. The van der Waals surface area contributed by atoms with Crippen LogP contribution in [0.4, 0.5) is 34.1 Å². The molecule has 0 bridgehead atoms. The molecule has 0 aliphatic carbocycles. The van der Waals surface area contributed by atoms with Gasteiger partial charge in [-0.2, -0.15) is 9.97 Å². The molecular weight excluding hydrogens is 1030 g/mol. The Morgan fingerprint density at radius 1 is 0.294 bits per heavy atom. The van der Waals surface area contributed by atoms with Gasteiger partial charge in [0.05, 0.1) is 22.4 Å². The second-order valence-electron chi connectivity index (χ2n) is 25.4. The lowest BCUT2D eigenvalue weighted by atomic mass is 9.83. The molecule has 0 atom stereocenters. The lowest BCUT2D eigenvalue weighted by Gasteiger charge is -2.36. The Balaban J connectivity index is 1.06. The molecule has 85 heavy (non-hydrogen) atoms. The van der Waals surface area contributed by atoms with Crippen molar-refractivity contribution < 1.29 is 0 Å². The number of anilines is 6. The van der Waals surface area contributed by atoms with Crippen molar-refractivity contribution in [1.82, 2.24) is 19.5 Å². The average molecular weight is 1100 g/mol. The van der Waals surface area contributed by atoms with E-state index in [1.807, 2.05) is 18.2 Å². The van der Waals surface area contributed by atoms with E-state index in [9.17, 15) is 0 Å². The molecule has 0 radical (unpaired) electrons. The highest BCUT2D eigenvalue weighted by molar-refractivity contribution is 6.09. The zero-order valence-electron chi connectivity index (χ0n) is 50.0. The second kappa shape index (κ2) is 21.7. The first kappa shape index (κ1) is 54.3. The maximum absolute atomic E-state index is 5.36. The van der Waals surface area contributed by atoms with Crippen LogP contribution in [-0.4, -0.2) is 19.5 Å². The fourth-order valence-corrected chi connectivity index (χ4v) is 11.8. The van der Waals surface area contributed by atoms with Crippen LogP contribution in [0, 0.1) is 0 Å². The Hall–Kier alpha value is -9.91. The van der Waals surface area contributed by atoms with Gasteiger partial charge >= 0.3 is 0 Å². The fraction of sp³-hybridized carbons (Fsp3) is 0.152. The van der Waals surface area contributed by atoms with Gasteiger partial charge in [-0.05, 0) is 151 Å². The van der Waals surface area contributed by atoms with E-state index in [2.05, 4.69) is 319 Å². The fourth-order valence-electron chi connectivity index (χ4n) is 11.8. The summed E-state index contributed by atoms with van der Waals surface area (Å²) in [5.41, 5.74) is 18.0. The highest BCUT2D eigenvalue weighted by atomic mass is 15.2. The van der Waals surface area contributed by atoms with Gasteiger partial charge in [-0.25, -0.2) is 4.98 Å². The Morgan fingerprint density at radius 2 is 0.659 bits per heavy atom. The van der Waals surface area contributed by atoms with Gasteiger partial charge in [0, 0.05) is 50.2 Å². The molecule has 2 aromatic heterocycles. The van der Waals surface area contributed by atoms with Gasteiger partial charge in [-0.1, -0.05) is 232 Å². The molecule has 13 aromatic rings. The van der Waals surface area contributed by atoms with Crippen LogP contribution < -0.4 is 9.80 Å². The van der Waals surface area contributed by atoms with Crippen molar-refractivity contribution in [3.8, 4) is 51.0 Å². The highest BCUT2D eigenvalue weighted by Gasteiger charge is 2.30. The van der Waals surface area contributed by atoms with Crippen LogP contribution in [0.5, 0.6) is 0 Å². The van der Waals surface area contributed by atoms with Gasteiger partial charge in [0.25, 0.3) is 0 Å². The molecular formula is C79H70N6. The van der Waals surface area contributed by atoms with Gasteiger partial charge in [-0.3, -0.25) is 4.57 Å². The van der Waals surface area contributed by atoms with Crippen molar-refractivity contribution in [3.63, 3.8) is 0 Å². The largest absolute Gasteiger partial charge is 0.310 e. The molecule has 13 rings (SSSR count). The Labute approximate surface area is 500 Å². The summed E-state index contributed by atoms with van der Waals surface area (Å²) in [5.74, 6) is 1.74. The van der Waals surface area contributed by atoms with E-state index in [-0.39, 0.29) is 16.2 Å². The standard InChI is InChI=1S/C79H70N6/c1-77(2,3)60-38-46-65(47-39-60)83(63-42-34-55(35-43-63)53-22-12-10-13-23-53)71-51-62(79(7,8)9)52-72(73(71)59-33-32-54-24-16-17-27-58(54)50-59)84(66-48-40-61(41-49-66)78(4,5)6)64-44-36-57(37-45-64)75-80-74(56-25-14-11-15-26-56)81-76(82-75)85-69-30-20-18-28-67(69)68-29-19-21-31-70(68)85/h10-52H,1-9H3. The van der Waals surface area contributed by atoms with Crippen molar-refractivity contribution in [2.45, 2.75) is 78.6 Å². The minimum Gasteiger partial charge on any atom is -0.310 e. The second-order valence-corrected chi connectivity index (χ2v) is 25.4. The molecule has 0 saturated heterocycles. The van der Waals surface area contributed by atoms with E-state index < -0.39 is 0 Å². The third-order valence-electron chi connectivity index (χ3n) is 16.5. The van der Waals surface area contributed by atoms with Crippen LogP contribution in [-0.2, 0) is 16.2 Å². The maximum atomic E-state index is 5.36. The normalized spacial score (nSPS) is 12.1. The maximum Gasteiger partial charge on any atom is 0.238 e. The summed E-state index contributed by atoms with van der Waals surface area (Å²) in [4.78, 5) is 20.8. The van der Waals surface area contributed by atoms with Crippen LogP contribution in [0.3, 0.4) is 0 Å². The van der Waals surface area contributed by atoms with Crippen molar-refractivity contribution in [2.75, 3.05) is 9.80 Å². The number of benzene rings is 11. The van der Waals surface area contributed by atoms with E-state index in [1.54, 1.807) is 0 Å². The number of rotatable bonds is 11. The highest BCUT2D eigenvalue weighted by Crippen LogP contribution is 2.52. The van der Waals surface area contributed by atoms with Crippen LogP contribution in [0.1, 0.15) is 79.0 Å². The van der Waals surface area contributed by atoms with E-state index in [0.717, 1.165) is 83.7 Å². The van der Waals surface area contributed by atoms with Crippen LogP contribution in [0.25, 0.3) is 83.6 Å². The summed E-state index contributed by atoms with van der Waals surface area (Å²) in [5, 5.41) is 4.64. The van der Waals surface area contributed by atoms with Gasteiger partial charge in [-0.15, -0.1) is 0 Å². The van der Waals surface area contributed by atoms with Gasteiger partial charge < -0.3 is 9.80 Å². The lowest BCUT2D eigenvalue weighted by Crippen LogP contribution is -2.20. The van der Waals surface area contributed by atoms with E-state index >= 15 is 0 Å². The number of aromatic nitrogens is 4. The zero-order valence-corrected chi connectivity index (χ0v) is 50.0. The number of para-hydroxylation sites is 2. The molecule has 0 aliphatic heterocycles. The predicted octanol–water partition coefficient (Wildman–Crippen LogP) is 21.6. The summed E-state index contributed by atoms with van der Waals surface area (Å²) in [6, 6.07) is 94.7. The summed E-state index contributed by atoms with van der Waals surface area (Å²) < 4.78 is 2.17. The Morgan fingerprint density at radius 3 is 1.13 bits per heavy atom. The topological polar surface area (TPSA) is 50.1 Å². The quantitative estimate of drug-likeness (QED) is 0.129. The van der Waals surface area contributed by atoms with Gasteiger partial charge in [0.15, 0.2) is 11.6 Å². The molecule has 0 aliphatic rings. The third kappa shape index (κ3) is 10.7. The number of fused-ring (bicyclic) bond motifs is 4. The molecule has 11 aromatic carbocycles. The molecule has 6 nitrogen and oxygen atoms in total. The molecule has 0 saturated carbocycles. The monoisotopic (exact) mass is 1100 g/mol. The molecule has 416 valence electrons. The third-order valence-corrected chi connectivity index (χ3v) is 16.5. The SMILES string of the molecule is CC(C)(C)c1ccc(N(c2ccc(-c3ccccc3)cc2)c2cc(C(C)(C)C)cc(N(c3ccc(-c4nc(-c5ccccc5)nc(-n5c6ccccc6c6ccccc65)n4)cc3)c3ccc(C(C)(C)C)cc3)c2-c2ccc3ccccc3c2)cc1. The van der Waals surface area contributed by atoms with Crippen molar-refractivity contribution in [3.05, 3.63) is 278 Å². The summed E-state index contributed by atoms with van der Waals surface area (Å²) >= 11 is 0. The van der Waals surface area contributed by atoms with E-state index in [4.69, 9.17) is 15.0 Å². The molecule has 0 amide bonds. The first-order chi connectivity index (χ1) is 41.0. The van der Waals surface area contributed by atoms with Gasteiger partial charge in [0.2, 0.25) is 5.95 Å². The Kier molecular flexibility index (Phi) is 13.9. The zero-order chi connectivity index (χ0) is 58.6. The molecule has 2 heterocycles. The number of hydrogen-bond acceptors (Lipinski definition) is 5.